The van der Waals surface area contributed by atoms with E-state index in [1.165, 1.54) is 0 Å². The highest BCUT2D eigenvalue weighted by Gasteiger charge is 2.50. The molecular weight excluding hydrogens is 254 g/mol. The number of rotatable bonds is 3. The van der Waals surface area contributed by atoms with Gasteiger partial charge in [0, 0.05) is 18.7 Å². The minimum absolute atomic E-state index is 0.0447. The van der Waals surface area contributed by atoms with E-state index >= 15 is 0 Å². The van der Waals surface area contributed by atoms with Gasteiger partial charge in [0.15, 0.2) is 0 Å². The summed E-state index contributed by atoms with van der Waals surface area (Å²) >= 11 is 0. The monoisotopic (exact) mass is 269 g/mol. The molecule has 20 heavy (non-hydrogen) atoms. The molecule has 0 bridgehead atoms. The molecule has 0 radical (unpaired) electrons. The van der Waals surface area contributed by atoms with Crippen LogP contribution in [0.2, 0.25) is 0 Å². The first-order valence-corrected chi connectivity index (χ1v) is 6.74. The highest BCUT2D eigenvalue weighted by Crippen LogP contribution is 2.45. The second kappa shape index (κ2) is 4.64. The van der Waals surface area contributed by atoms with Crippen molar-refractivity contribution < 1.29 is 9.59 Å². The van der Waals surface area contributed by atoms with Crippen molar-refractivity contribution in [1.82, 2.24) is 5.32 Å². The SMILES string of the molecule is N#CC1(C(=O)NCc2ccc3c(c2)CCC(=O)N3)CC1. The zero-order valence-electron chi connectivity index (χ0n) is 11.0. The van der Waals surface area contributed by atoms with Crippen LogP contribution in [0, 0.1) is 16.7 Å². The maximum Gasteiger partial charge on any atom is 0.240 e. The lowest BCUT2D eigenvalue weighted by Gasteiger charge is -2.18. The zero-order valence-corrected chi connectivity index (χ0v) is 11.0. The van der Waals surface area contributed by atoms with Crippen molar-refractivity contribution in [2.24, 2.45) is 5.41 Å². The fraction of sp³-hybridized carbons (Fsp3) is 0.400. The Kier molecular flexibility index (Phi) is 2.94. The van der Waals surface area contributed by atoms with E-state index in [1.807, 2.05) is 18.2 Å². The van der Waals surface area contributed by atoms with E-state index in [2.05, 4.69) is 16.7 Å². The van der Waals surface area contributed by atoms with E-state index in [0.717, 1.165) is 23.2 Å². The van der Waals surface area contributed by atoms with Crippen LogP contribution in [-0.2, 0) is 22.6 Å². The van der Waals surface area contributed by atoms with Crippen molar-refractivity contribution >= 4 is 17.5 Å². The van der Waals surface area contributed by atoms with Crippen LogP contribution in [0.5, 0.6) is 0 Å². The highest BCUT2D eigenvalue weighted by molar-refractivity contribution is 5.94. The van der Waals surface area contributed by atoms with Crippen LogP contribution < -0.4 is 10.6 Å². The summed E-state index contributed by atoms with van der Waals surface area (Å²) in [5.74, 6) is -0.130. The molecule has 5 heteroatoms. The number of fused-ring (bicyclic) bond motifs is 1. The third kappa shape index (κ3) is 2.25. The summed E-state index contributed by atoms with van der Waals surface area (Å²) in [5, 5.41) is 14.6. The number of benzene rings is 1. The minimum Gasteiger partial charge on any atom is -0.351 e. The molecule has 1 heterocycles. The normalized spacial score (nSPS) is 18.4. The molecule has 0 aromatic heterocycles. The maximum atomic E-state index is 11.9. The molecule has 1 aromatic rings. The van der Waals surface area contributed by atoms with Gasteiger partial charge in [0.2, 0.25) is 11.8 Å². The predicted octanol–water partition coefficient (Wildman–Crippen LogP) is 1.49. The van der Waals surface area contributed by atoms with Crippen LogP contribution in [0.3, 0.4) is 0 Å². The first-order valence-electron chi connectivity index (χ1n) is 6.74. The van der Waals surface area contributed by atoms with Crippen molar-refractivity contribution in [3.8, 4) is 6.07 Å². The fourth-order valence-electron chi connectivity index (χ4n) is 2.41. The molecule has 2 N–H and O–H groups in total. The molecule has 5 nitrogen and oxygen atoms in total. The van der Waals surface area contributed by atoms with Gasteiger partial charge in [-0.2, -0.15) is 5.26 Å². The van der Waals surface area contributed by atoms with Gasteiger partial charge in [-0.3, -0.25) is 9.59 Å². The molecule has 102 valence electrons. The molecule has 0 spiro atoms. The maximum absolute atomic E-state index is 11.9. The van der Waals surface area contributed by atoms with E-state index in [0.29, 0.717) is 25.8 Å². The van der Waals surface area contributed by atoms with Crippen LogP contribution in [0.1, 0.15) is 30.4 Å². The van der Waals surface area contributed by atoms with Gasteiger partial charge in [-0.1, -0.05) is 12.1 Å². The second-order valence-electron chi connectivity index (χ2n) is 5.42. The van der Waals surface area contributed by atoms with E-state index < -0.39 is 5.41 Å². The number of nitrogens with zero attached hydrogens (tertiary/aromatic N) is 1. The number of nitrogens with one attached hydrogen (secondary N) is 2. The van der Waals surface area contributed by atoms with Crippen LogP contribution >= 0.6 is 0 Å². The van der Waals surface area contributed by atoms with E-state index in [-0.39, 0.29) is 11.8 Å². The number of carbonyl (C=O) groups is 2. The van der Waals surface area contributed by atoms with Crippen molar-refractivity contribution in [3.63, 3.8) is 0 Å². The largest absolute Gasteiger partial charge is 0.351 e. The number of hydrogen-bond donors (Lipinski definition) is 2. The van der Waals surface area contributed by atoms with Crippen LogP contribution in [0.15, 0.2) is 18.2 Å². The molecule has 2 aliphatic rings. The summed E-state index contributed by atoms with van der Waals surface area (Å²) < 4.78 is 0. The summed E-state index contributed by atoms with van der Waals surface area (Å²) in [5.41, 5.74) is 2.16. The molecule has 2 amide bonds. The van der Waals surface area contributed by atoms with Gasteiger partial charge < -0.3 is 10.6 Å². The first kappa shape index (κ1) is 12.7. The summed E-state index contributed by atoms with van der Waals surface area (Å²) in [6.45, 7) is 0.420. The third-order valence-electron chi connectivity index (χ3n) is 3.92. The van der Waals surface area contributed by atoms with Gasteiger partial charge >= 0.3 is 0 Å². The summed E-state index contributed by atoms with van der Waals surface area (Å²) in [6.07, 6.45) is 2.54. The molecule has 3 rings (SSSR count). The van der Waals surface area contributed by atoms with E-state index in [9.17, 15) is 9.59 Å². The topological polar surface area (TPSA) is 82.0 Å². The van der Waals surface area contributed by atoms with Crippen LogP contribution in [0.4, 0.5) is 5.69 Å². The molecule has 1 saturated carbocycles. The Morgan fingerprint density at radius 3 is 2.90 bits per heavy atom. The smallest absolute Gasteiger partial charge is 0.240 e. The van der Waals surface area contributed by atoms with E-state index in [4.69, 9.17) is 5.26 Å². The second-order valence-corrected chi connectivity index (χ2v) is 5.42. The van der Waals surface area contributed by atoms with Crippen LogP contribution in [-0.4, -0.2) is 11.8 Å². The summed E-state index contributed by atoms with van der Waals surface area (Å²) in [6, 6.07) is 7.84. The number of carbonyl (C=O) groups excluding carboxylic acids is 2. The van der Waals surface area contributed by atoms with Gasteiger partial charge in [-0.05, 0) is 36.5 Å². The molecule has 1 aliphatic heterocycles. The summed E-state index contributed by atoms with van der Waals surface area (Å²) in [7, 11) is 0. The van der Waals surface area contributed by atoms with Crippen molar-refractivity contribution in [3.05, 3.63) is 29.3 Å². The Labute approximate surface area is 117 Å². The molecule has 1 aromatic carbocycles. The molecule has 0 atom stereocenters. The lowest BCUT2D eigenvalue weighted by molar-refractivity contribution is -0.124. The molecular formula is C15H15N3O2. The first-order chi connectivity index (χ1) is 9.63. The lowest BCUT2D eigenvalue weighted by atomic mass is 10.0. The summed E-state index contributed by atoms with van der Waals surface area (Å²) in [4.78, 5) is 23.2. The highest BCUT2D eigenvalue weighted by atomic mass is 16.2. The lowest BCUT2D eigenvalue weighted by Crippen LogP contribution is -2.30. The predicted molar refractivity (Wildman–Crippen MR) is 72.5 cm³/mol. The standard InChI is InChI=1S/C15H15N3O2/c16-9-15(5-6-15)14(20)17-8-10-1-3-12-11(7-10)2-4-13(19)18-12/h1,3,7H,2,4-6,8H2,(H,17,20)(H,18,19). The van der Waals surface area contributed by atoms with Crippen molar-refractivity contribution in [1.29, 1.82) is 5.26 Å². The minimum atomic E-state index is -0.776. The van der Waals surface area contributed by atoms with E-state index in [1.54, 1.807) is 0 Å². The number of aryl methyl sites for hydroxylation is 1. The Morgan fingerprint density at radius 1 is 1.40 bits per heavy atom. The van der Waals surface area contributed by atoms with Gasteiger partial charge in [0.25, 0.3) is 0 Å². The number of nitriles is 1. The Hall–Kier alpha value is -2.35. The molecule has 0 unspecified atom stereocenters. The Morgan fingerprint density at radius 2 is 2.20 bits per heavy atom. The molecule has 1 aliphatic carbocycles. The Balaban J connectivity index is 1.66. The van der Waals surface area contributed by atoms with Gasteiger partial charge in [-0.25, -0.2) is 0 Å². The average Bonchev–Trinajstić information content (AvgIpc) is 3.26. The molecule has 0 saturated heterocycles. The van der Waals surface area contributed by atoms with Crippen molar-refractivity contribution in [2.45, 2.75) is 32.2 Å². The van der Waals surface area contributed by atoms with Crippen LogP contribution in [0.25, 0.3) is 0 Å². The Bertz CT molecular complexity index is 626. The average molecular weight is 269 g/mol. The quantitative estimate of drug-likeness (QED) is 0.872. The third-order valence-corrected chi connectivity index (χ3v) is 3.92. The van der Waals surface area contributed by atoms with Gasteiger partial charge in [0.1, 0.15) is 5.41 Å². The van der Waals surface area contributed by atoms with Crippen molar-refractivity contribution in [2.75, 3.05) is 5.32 Å². The van der Waals surface area contributed by atoms with Gasteiger partial charge in [-0.15, -0.1) is 0 Å². The number of amides is 2. The zero-order chi connectivity index (χ0) is 14.2. The number of hydrogen-bond acceptors (Lipinski definition) is 3. The molecule has 1 fully saturated rings. The number of anilines is 1. The fourth-order valence-corrected chi connectivity index (χ4v) is 2.41. The van der Waals surface area contributed by atoms with Gasteiger partial charge in [0.05, 0.1) is 6.07 Å².